The molecule has 2 aliphatic rings. The van der Waals surface area contributed by atoms with Gasteiger partial charge in [-0.15, -0.1) is 0 Å². The van der Waals surface area contributed by atoms with Crippen molar-refractivity contribution in [2.24, 2.45) is 0 Å². The van der Waals surface area contributed by atoms with Crippen LogP contribution in [0, 0.1) is 11.6 Å². The number of rotatable bonds is 3. The largest absolute Gasteiger partial charge is 0.455 e. The molecule has 1 fully saturated rings. The summed E-state index contributed by atoms with van der Waals surface area (Å²) in [5, 5.41) is 2.36. The van der Waals surface area contributed by atoms with Crippen molar-refractivity contribution in [3.8, 4) is 0 Å². The molecule has 20 heavy (non-hydrogen) atoms. The monoisotopic (exact) mass is 285 g/mol. The SMILES string of the molecule is O=C(N[C@H]1C[C@H]1F)c1cc(F)cc(F)c1C1OC=CO1. The lowest BCUT2D eigenvalue weighted by Crippen LogP contribution is -2.29. The van der Waals surface area contributed by atoms with Gasteiger partial charge in [0.05, 0.1) is 17.2 Å². The fraction of sp³-hybridized carbons (Fsp3) is 0.308. The second-order valence-corrected chi connectivity index (χ2v) is 4.56. The number of halogens is 3. The number of nitrogens with one attached hydrogen (secondary N) is 1. The van der Waals surface area contributed by atoms with Crippen LogP contribution < -0.4 is 5.32 Å². The van der Waals surface area contributed by atoms with Gasteiger partial charge in [0.2, 0.25) is 0 Å². The van der Waals surface area contributed by atoms with Gasteiger partial charge in [-0.05, 0) is 6.07 Å². The van der Waals surface area contributed by atoms with Crippen LogP contribution >= 0.6 is 0 Å². The second-order valence-electron chi connectivity index (χ2n) is 4.56. The summed E-state index contributed by atoms with van der Waals surface area (Å²) < 4.78 is 49.9. The molecule has 7 heteroatoms. The third-order valence-electron chi connectivity index (χ3n) is 3.06. The summed E-state index contributed by atoms with van der Waals surface area (Å²) in [5.74, 6) is -2.63. The molecule has 3 rings (SSSR count). The zero-order valence-corrected chi connectivity index (χ0v) is 10.1. The summed E-state index contributed by atoms with van der Waals surface area (Å²) in [4.78, 5) is 12.0. The van der Waals surface area contributed by atoms with Crippen LogP contribution in [-0.4, -0.2) is 18.1 Å². The van der Waals surface area contributed by atoms with Gasteiger partial charge in [-0.25, -0.2) is 13.2 Å². The van der Waals surface area contributed by atoms with Gasteiger partial charge in [-0.1, -0.05) is 0 Å². The Morgan fingerprint density at radius 1 is 1.25 bits per heavy atom. The Hall–Kier alpha value is -2.18. The second kappa shape index (κ2) is 4.73. The Morgan fingerprint density at radius 2 is 1.90 bits per heavy atom. The van der Waals surface area contributed by atoms with Gasteiger partial charge in [-0.3, -0.25) is 4.79 Å². The summed E-state index contributed by atoms with van der Waals surface area (Å²) in [6.45, 7) is 0. The first-order chi connectivity index (χ1) is 9.56. The number of carbonyl (C=O) groups excluding carboxylic acids is 1. The molecule has 4 nitrogen and oxygen atoms in total. The molecular weight excluding hydrogens is 275 g/mol. The first-order valence-corrected chi connectivity index (χ1v) is 5.96. The maximum atomic E-state index is 13.9. The van der Waals surface area contributed by atoms with Gasteiger partial charge in [-0.2, -0.15) is 0 Å². The van der Waals surface area contributed by atoms with E-state index >= 15 is 0 Å². The third-order valence-corrected chi connectivity index (χ3v) is 3.06. The average molecular weight is 285 g/mol. The van der Waals surface area contributed by atoms with E-state index in [1.165, 1.54) is 12.5 Å². The number of hydrogen-bond donors (Lipinski definition) is 1. The zero-order valence-electron chi connectivity index (χ0n) is 10.1. The summed E-state index contributed by atoms with van der Waals surface area (Å²) >= 11 is 0. The molecule has 0 saturated heterocycles. The molecular formula is C13H10F3NO3. The summed E-state index contributed by atoms with van der Waals surface area (Å²) in [6, 6.07) is 0.894. The number of carbonyl (C=O) groups is 1. The molecule has 1 N–H and O–H groups in total. The number of amides is 1. The minimum atomic E-state index is -1.16. The molecule has 1 aromatic carbocycles. The summed E-state index contributed by atoms with van der Waals surface area (Å²) in [5.41, 5.74) is -0.486. The van der Waals surface area contributed by atoms with E-state index in [2.05, 4.69) is 5.32 Å². The minimum absolute atomic E-state index is 0.205. The summed E-state index contributed by atoms with van der Waals surface area (Å²) in [7, 11) is 0. The van der Waals surface area contributed by atoms with Crippen molar-refractivity contribution in [3.05, 3.63) is 47.4 Å². The quantitative estimate of drug-likeness (QED) is 0.927. The molecule has 1 aliphatic heterocycles. The lowest BCUT2D eigenvalue weighted by molar-refractivity contribution is -0.0277. The highest BCUT2D eigenvalue weighted by Crippen LogP contribution is 2.31. The topological polar surface area (TPSA) is 47.6 Å². The molecule has 1 amide bonds. The van der Waals surface area contributed by atoms with E-state index < -0.39 is 36.0 Å². The lowest BCUT2D eigenvalue weighted by Gasteiger charge is -2.16. The highest BCUT2D eigenvalue weighted by atomic mass is 19.1. The Balaban J connectivity index is 1.92. The first kappa shape index (κ1) is 12.8. The fourth-order valence-corrected chi connectivity index (χ4v) is 1.95. The van der Waals surface area contributed by atoms with E-state index in [9.17, 15) is 18.0 Å². The number of hydrogen-bond acceptors (Lipinski definition) is 3. The maximum Gasteiger partial charge on any atom is 0.269 e. The standard InChI is InChI=1S/C13H10F3NO3/c14-6-3-7(12(18)17-10-5-8(10)15)11(9(16)4-6)13-19-1-2-20-13/h1-4,8,10,13H,5H2,(H,17,18)/t8-,10+/m1/s1. The highest BCUT2D eigenvalue weighted by Gasteiger charge is 2.39. The molecule has 0 unspecified atom stereocenters. The van der Waals surface area contributed by atoms with Gasteiger partial charge in [0.25, 0.3) is 12.2 Å². The van der Waals surface area contributed by atoms with Crippen LogP contribution in [0.3, 0.4) is 0 Å². The normalized spacial score (nSPS) is 24.1. The van der Waals surface area contributed by atoms with E-state index in [4.69, 9.17) is 9.47 Å². The summed E-state index contributed by atoms with van der Waals surface area (Å²) in [6.07, 6.45) is 0.316. The molecule has 0 radical (unpaired) electrons. The van der Waals surface area contributed by atoms with Crippen molar-refractivity contribution in [1.29, 1.82) is 0 Å². The zero-order chi connectivity index (χ0) is 14.3. The van der Waals surface area contributed by atoms with E-state index in [0.717, 1.165) is 6.07 Å². The van der Waals surface area contributed by atoms with Gasteiger partial charge in [0.1, 0.15) is 30.3 Å². The predicted molar refractivity (Wildman–Crippen MR) is 61.2 cm³/mol. The van der Waals surface area contributed by atoms with Crippen LogP contribution in [0.1, 0.15) is 28.6 Å². The molecule has 106 valence electrons. The highest BCUT2D eigenvalue weighted by molar-refractivity contribution is 5.96. The van der Waals surface area contributed by atoms with Gasteiger partial charge >= 0.3 is 0 Å². The van der Waals surface area contributed by atoms with Crippen LogP contribution in [0.4, 0.5) is 13.2 Å². The Kier molecular flexibility index (Phi) is 3.04. The lowest BCUT2D eigenvalue weighted by atomic mass is 10.0. The van der Waals surface area contributed by atoms with Crippen molar-refractivity contribution in [2.75, 3.05) is 0 Å². The molecule has 0 bridgehead atoms. The Bertz CT molecular complexity index is 582. The van der Waals surface area contributed by atoms with Gasteiger partial charge in [0.15, 0.2) is 0 Å². The van der Waals surface area contributed by atoms with Crippen LogP contribution in [0.15, 0.2) is 24.7 Å². The predicted octanol–water partition coefficient (Wildman–Crippen LogP) is 2.32. The van der Waals surface area contributed by atoms with E-state index in [1.54, 1.807) is 0 Å². The van der Waals surface area contributed by atoms with Crippen LogP contribution in [-0.2, 0) is 9.47 Å². The third kappa shape index (κ3) is 2.31. The molecule has 0 aromatic heterocycles. The first-order valence-electron chi connectivity index (χ1n) is 5.96. The van der Waals surface area contributed by atoms with Crippen molar-refractivity contribution in [3.63, 3.8) is 0 Å². The van der Waals surface area contributed by atoms with Crippen molar-refractivity contribution < 1.29 is 27.4 Å². The molecule has 1 aliphatic carbocycles. The van der Waals surface area contributed by atoms with Crippen molar-refractivity contribution in [2.45, 2.75) is 24.9 Å². The van der Waals surface area contributed by atoms with Crippen molar-refractivity contribution in [1.82, 2.24) is 5.32 Å². The van der Waals surface area contributed by atoms with E-state index in [1.807, 2.05) is 0 Å². The number of benzene rings is 1. The maximum absolute atomic E-state index is 13.9. The van der Waals surface area contributed by atoms with Gasteiger partial charge in [0, 0.05) is 12.5 Å². The Labute approximate surface area is 112 Å². The van der Waals surface area contributed by atoms with Gasteiger partial charge < -0.3 is 14.8 Å². The Morgan fingerprint density at radius 3 is 2.50 bits per heavy atom. The molecule has 1 heterocycles. The molecule has 1 saturated carbocycles. The van der Waals surface area contributed by atoms with E-state index in [0.29, 0.717) is 6.07 Å². The number of ether oxygens (including phenoxy) is 2. The van der Waals surface area contributed by atoms with Crippen molar-refractivity contribution >= 4 is 5.91 Å². The minimum Gasteiger partial charge on any atom is -0.455 e. The fourth-order valence-electron chi connectivity index (χ4n) is 1.95. The van der Waals surface area contributed by atoms with Crippen LogP contribution in [0.2, 0.25) is 0 Å². The van der Waals surface area contributed by atoms with E-state index in [-0.39, 0.29) is 17.5 Å². The number of alkyl halides is 1. The molecule has 0 spiro atoms. The van der Waals surface area contributed by atoms with Crippen LogP contribution in [0.25, 0.3) is 0 Å². The molecule has 1 aromatic rings. The van der Waals surface area contributed by atoms with Crippen LogP contribution in [0.5, 0.6) is 0 Å². The molecule has 2 atom stereocenters. The smallest absolute Gasteiger partial charge is 0.269 e. The average Bonchev–Trinajstić information content (AvgIpc) is 2.89.